The molecule has 1 rings (SSSR count). The monoisotopic (exact) mass is 296 g/mol. The van der Waals surface area contributed by atoms with Crippen LogP contribution in [0.1, 0.15) is 40.2 Å². The number of halogens is 1. The first-order valence-corrected chi connectivity index (χ1v) is 7.13. The molecule has 1 amide bonds. The molecule has 0 radical (unpaired) electrons. The molecule has 2 N–H and O–H groups in total. The van der Waals surface area contributed by atoms with Crippen LogP contribution in [0.5, 0.6) is 5.75 Å². The van der Waals surface area contributed by atoms with Gasteiger partial charge in [-0.25, -0.2) is 4.39 Å². The highest BCUT2D eigenvalue weighted by atomic mass is 19.1. The molecule has 1 aromatic rings. The number of nitrogens with one attached hydrogen (secondary N) is 2. The third-order valence-corrected chi connectivity index (χ3v) is 2.64. The Morgan fingerprint density at radius 1 is 1.33 bits per heavy atom. The Morgan fingerprint density at radius 2 is 2.00 bits per heavy atom. The van der Waals surface area contributed by atoms with Crippen molar-refractivity contribution in [2.24, 2.45) is 0 Å². The fourth-order valence-corrected chi connectivity index (χ4v) is 1.69. The van der Waals surface area contributed by atoms with Crippen molar-refractivity contribution in [1.29, 1.82) is 0 Å². The fourth-order valence-electron chi connectivity index (χ4n) is 1.69. The summed E-state index contributed by atoms with van der Waals surface area (Å²) in [5.41, 5.74) is 0.612. The smallest absolute Gasteiger partial charge is 0.258 e. The third-order valence-electron chi connectivity index (χ3n) is 2.64. The number of rotatable bonds is 6. The van der Waals surface area contributed by atoms with E-state index in [1.807, 2.05) is 34.6 Å². The molecule has 21 heavy (non-hydrogen) atoms. The van der Waals surface area contributed by atoms with Gasteiger partial charge in [-0.05, 0) is 52.8 Å². The first-order chi connectivity index (χ1) is 9.67. The average Bonchev–Trinajstić information content (AvgIpc) is 2.33. The fraction of sp³-hybridized carbons (Fsp3) is 0.562. The van der Waals surface area contributed by atoms with Crippen molar-refractivity contribution in [2.45, 2.75) is 52.7 Å². The third kappa shape index (κ3) is 7.09. The van der Waals surface area contributed by atoms with E-state index in [1.165, 1.54) is 12.1 Å². The molecule has 0 saturated carbocycles. The van der Waals surface area contributed by atoms with Gasteiger partial charge in [-0.1, -0.05) is 0 Å². The lowest BCUT2D eigenvalue weighted by Gasteiger charge is -2.21. The Balaban J connectivity index is 2.70. The van der Waals surface area contributed by atoms with Gasteiger partial charge in [-0.3, -0.25) is 4.79 Å². The summed E-state index contributed by atoms with van der Waals surface area (Å²) < 4.78 is 18.9. The molecule has 5 heteroatoms. The summed E-state index contributed by atoms with van der Waals surface area (Å²) in [5.74, 6) is 0.0100. The molecule has 0 atom stereocenters. The van der Waals surface area contributed by atoms with Crippen molar-refractivity contribution in [1.82, 2.24) is 10.6 Å². The lowest BCUT2D eigenvalue weighted by atomic mass is 10.1. The van der Waals surface area contributed by atoms with Crippen LogP contribution in [0.15, 0.2) is 18.2 Å². The number of carbonyl (C=O) groups excluding carboxylic acids is 1. The minimum absolute atomic E-state index is 0.0661. The van der Waals surface area contributed by atoms with Crippen LogP contribution in [0.25, 0.3) is 0 Å². The van der Waals surface area contributed by atoms with Crippen molar-refractivity contribution in [3.63, 3.8) is 0 Å². The Labute approximate surface area is 126 Å². The SMILES string of the molecule is CC(C)NC(=O)COc1ccc(F)cc1CNC(C)(C)C. The average molecular weight is 296 g/mol. The van der Waals surface area contributed by atoms with Gasteiger partial charge >= 0.3 is 0 Å². The standard InChI is InChI=1S/C16H25FN2O2/c1-11(2)19-15(20)10-21-14-7-6-13(17)8-12(14)9-18-16(3,4)5/h6-8,11,18H,9-10H2,1-5H3,(H,19,20). The van der Waals surface area contributed by atoms with E-state index >= 15 is 0 Å². The first-order valence-electron chi connectivity index (χ1n) is 7.13. The number of carbonyl (C=O) groups is 1. The molecule has 0 aliphatic rings. The molecule has 0 aromatic heterocycles. The van der Waals surface area contributed by atoms with Crippen LogP contribution in [-0.4, -0.2) is 24.1 Å². The van der Waals surface area contributed by atoms with Crippen LogP contribution in [0, 0.1) is 5.82 Å². The van der Waals surface area contributed by atoms with Crippen LogP contribution in [0.2, 0.25) is 0 Å². The first kappa shape index (κ1) is 17.4. The van der Waals surface area contributed by atoms with E-state index < -0.39 is 0 Å². The molecule has 4 nitrogen and oxygen atoms in total. The van der Waals surface area contributed by atoms with Crippen molar-refractivity contribution in [2.75, 3.05) is 6.61 Å². The Kier molecular flexibility index (Phi) is 6.15. The van der Waals surface area contributed by atoms with Crippen LogP contribution in [0.3, 0.4) is 0 Å². The molecular weight excluding hydrogens is 271 g/mol. The molecule has 0 saturated heterocycles. The lowest BCUT2D eigenvalue weighted by Crippen LogP contribution is -2.36. The highest BCUT2D eigenvalue weighted by Gasteiger charge is 2.13. The summed E-state index contributed by atoms with van der Waals surface area (Å²) in [6.07, 6.45) is 0. The Morgan fingerprint density at radius 3 is 2.57 bits per heavy atom. The predicted molar refractivity (Wildman–Crippen MR) is 81.8 cm³/mol. The maximum atomic E-state index is 13.4. The number of hydrogen-bond acceptors (Lipinski definition) is 3. The number of amides is 1. The Hall–Kier alpha value is -1.62. The van der Waals surface area contributed by atoms with Crippen LogP contribution >= 0.6 is 0 Å². The minimum Gasteiger partial charge on any atom is -0.483 e. The van der Waals surface area contributed by atoms with Crippen LogP contribution in [-0.2, 0) is 11.3 Å². The zero-order valence-electron chi connectivity index (χ0n) is 13.4. The number of benzene rings is 1. The molecule has 0 unspecified atom stereocenters. The topological polar surface area (TPSA) is 50.4 Å². The van der Waals surface area contributed by atoms with Gasteiger partial charge in [0.15, 0.2) is 6.61 Å². The summed E-state index contributed by atoms with van der Waals surface area (Å²) in [4.78, 5) is 11.6. The molecular formula is C16H25FN2O2. The summed E-state index contributed by atoms with van der Waals surface area (Å²) >= 11 is 0. The second-order valence-electron chi connectivity index (χ2n) is 6.37. The quantitative estimate of drug-likeness (QED) is 0.848. The lowest BCUT2D eigenvalue weighted by molar-refractivity contribution is -0.123. The van der Waals surface area contributed by atoms with E-state index in [-0.39, 0.29) is 29.9 Å². The summed E-state index contributed by atoms with van der Waals surface area (Å²) in [6, 6.07) is 4.37. The van der Waals surface area contributed by atoms with Gasteiger partial charge in [0.1, 0.15) is 11.6 Å². The molecule has 0 aliphatic carbocycles. The van der Waals surface area contributed by atoms with Crippen LogP contribution < -0.4 is 15.4 Å². The second-order valence-corrected chi connectivity index (χ2v) is 6.37. The maximum Gasteiger partial charge on any atom is 0.258 e. The predicted octanol–water partition coefficient (Wildman–Crippen LogP) is 2.62. The molecule has 0 bridgehead atoms. The van der Waals surface area contributed by atoms with Crippen molar-refractivity contribution < 1.29 is 13.9 Å². The van der Waals surface area contributed by atoms with E-state index in [0.29, 0.717) is 17.9 Å². The highest BCUT2D eigenvalue weighted by Crippen LogP contribution is 2.20. The van der Waals surface area contributed by atoms with Gasteiger partial charge in [0.05, 0.1) is 0 Å². The molecule has 0 fully saturated rings. The summed E-state index contributed by atoms with van der Waals surface area (Å²) in [7, 11) is 0. The molecule has 0 aliphatic heterocycles. The second kappa shape index (κ2) is 7.41. The minimum atomic E-state index is -0.320. The molecule has 0 spiro atoms. The number of ether oxygens (including phenoxy) is 1. The Bertz CT molecular complexity index is 482. The van der Waals surface area contributed by atoms with Crippen molar-refractivity contribution >= 4 is 5.91 Å². The van der Waals surface area contributed by atoms with Crippen molar-refractivity contribution in [3.05, 3.63) is 29.6 Å². The van der Waals surface area contributed by atoms with E-state index in [4.69, 9.17) is 4.74 Å². The van der Waals surface area contributed by atoms with Crippen molar-refractivity contribution in [3.8, 4) is 5.75 Å². The van der Waals surface area contributed by atoms with E-state index in [2.05, 4.69) is 10.6 Å². The van der Waals surface area contributed by atoms with Gasteiger partial charge in [0, 0.05) is 23.7 Å². The summed E-state index contributed by atoms with van der Waals surface area (Å²) in [6.45, 7) is 10.3. The largest absolute Gasteiger partial charge is 0.483 e. The van der Waals surface area contributed by atoms with Gasteiger partial charge in [-0.15, -0.1) is 0 Å². The van der Waals surface area contributed by atoms with Crippen LogP contribution in [0.4, 0.5) is 4.39 Å². The van der Waals surface area contributed by atoms with Gasteiger partial charge in [-0.2, -0.15) is 0 Å². The van der Waals surface area contributed by atoms with E-state index in [0.717, 1.165) is 0 Å². The normalized spacial score (nSPS) is 11.6. The van der Waals surface area contributed by atoms with E-state index in [9.17, 15) is 9.18 Å². The van der Waals surface area contributed by atoms with Gasteiger partial charge < -0.3 is 15.4 Å². The zero-order valence-corrected chi connectivity index (χ0v) is 13.4. The van der Waals surface area contributed by atoms with E-state index in [1.54, 1.807) is 6.07 Å². The molecule has 0 heterocycles. The summed E-state index contributed by atoms with van der Waals surface area (Å²) in [5, 5.41) is 6.02. The number of hydrogen-bond donors (Lipinski definition) is 2. The van der Waals surface area contributed by atoms with Gasteiger partial charge in [0.25, 0.3) is 5.91 Å². The molecule has 1 aromatic carbocycles. The highest BCUT2D eigenvalue weighted by molar-refractivity contribution is 5.77. The zero-order chi connectivity index (χ0) is 16.0. The molecule has 118 valence electrons. The maximum absolute atomic E-state index is 13.4. The van der Waals surface area contributed by atoms with Gasteiger partial charge in [0.2, 0.25) is 0 Å².